The predicted molar refractivity (Wildman–Crippen MR) is 63.9 cm³/mol. The van der Waals surface area contributed by atoms with E-state index >= 15 is 0 Å². The average Bonchev–Trinajstić information content (AvgIpc) is 2.36. The maximum atomic E-state index is 12.4. The molecule has 1 rings (SSSR count). The number of aryl methyl sites for hydroxylation is 2. The van der Waals surface area contributed by atoms with Gasteiger partial charge in [0.1, 0.15) is 6.54 Å². The number of rotatable bonds is 6. The number of hydrogen-bond donors (Lipinski definition) is 1. The van der Waals surface area contributed by atoms with Crippen molar-refractivity contribution in [3.05, 3.63) is 11.4 Å². The van der Waals surface area contributed by atoms with Gasteiger partial charge in [0, 0.05) is 6.54 Å². The van der Waals surface area contributed by atoms with Crippen LogP contribution in [0.3, 0.4) is 0 Å². The maximum Gasteiger partial charge on any atom is 0.406 e. The van der Waals surface area contributed by atoms with Crippen LogP contribution in [0.4, 0.5) is 19.1 Å². The van der Waals surface area contributed by atoms with Crippen molar-refractivity contribution in [2.75, 3.05) is 24.6 Å². The van der Waals surface area contributed by atoms with Gasteiger partial charge in [-0.1, -0.05) is 13.8 Å². The van der Waals surface area contributed by atoms with Crippen molar-refractivity contribution in [1.29, 1.82) is 0 Å². The fourth-order valence-electron chi connectivity index (χ4n) is 1.65. The molecule has 1 heterocycles. The molecule has 0 aliphatic carbocycles. The monoisotopic (exact) mass is 278 g/mol. The zero-order valence-electron chi connectivity index (χ0n) is 10.9. The summed E-state index contributed by atoms with van der Waals surface area (Å²) in [6, 6.07) is 0. The number of aliphatic hydroxyl groups excluding tert-OH is 1. The van der Waals surface area contributed by atoms with Gasteiger partial charge in [-0.05, 0) is 12.8 Å². The molecule has 0 radical (unpaired) electrons. The molecule has 1 N–H and O–H groups in total. The Morgan fingerprint density at radius 1 is 1.11 bits per heavy atom. The molecule has 1 aromatic heterocycles. The van der Waals surface area contributed by atoms with Crippen LogP contribution in [-0.2, 0) is 12.8 Å². The van der Waals surface area contributed by atoms with Gasteiger partial charge in [0.2, 0.25) is 5.95 Å². The van der Waals surface area contributed by atoms with E-state index in [0.717, 1.165) is 4.90 Å². The van der Waals surface area contributed by atoms with Crippen LogP contribution < -0.4 is 4.90 Å². The average molecular weight is 278 g/mol. The summed E-state index contributed by atoms with van der Waals surface area (Å²) in [7, 11) is 0. The zero-order valence-corrected chi connectivity index (χ0v) is 10.9. The van der Waals surface area contributed by atoms with Crippen molar-refractivity contribution in [3.63, 3.8) is 0 Å². The Hall–Kier alpha value is -1.44. The Bertz CT molecular complexity index is 411. The lowest BCUT2D eigenvalue weighted by atomic mass is 10.2. The summed E-state index contributed by atoms with van der Waals surface area (Å²) in [4.78, 5) is 4.99. The zero-order chi connectivity index (χ0) is 14.5. The summed E-state index contributed by atoms with van der Waals surface area (Å²) in [6.45, 7) is 1.94. The number of aliphatic hydroxyl groups is 1. The van der Waals surface area contributed by atoms with Gasteiger partial charge in [0.15, 0.2) is 0 Å². The standard InChI is InChI=1S/C11H17F3N4O/c1-3-8-9(4-2)16-17-10(15-8)18(5-6-19)7-11(12,13)14/h19H,3-7H2,1-2H3. The minimum Gasteiger partial charge on any atom is -0.395 e. The Morgan fingerprint density at radius 2 is 1.74 bits per heavy atom. The molecular weight excluding hydrogens is 261 g/mol. The molecular formula is C11H17F3N4O. The van der Waals surface area contributed by atoms with Crippen LogP contribution in [0.1, 0.15) is 25.2 Å². The SMILES string of the molecule is CCc1nnc(N(CCO)CC(F)(F)F)nc1CC. The molecule has 19 heavy (non-hydrogen) atoms. The predicted octanol–water partition coefficient (Wildman–Crippen LogP) is 1.36. The van der Waals surface area contributed by atoms with Crippen LogP contribution in [0.15, 0.2) is 0 Å². The molecule has 0 bridgehead atoms. The van der Waals surface area contributed by atoms with Crippen molar-refractivity contribution in [1.82, 2.24) is 15.2 Å². The Morgan fingerprint density at radius 3 is 2.21 bits per heavy atom. The number of halogens is 3. The van der Waals surface area contributed by atoms with E-state index in [1.54, 1.807) is 0 Å². The van der Waals surface area contributed by atoms with Crippen LogP contribution >= 0.6 is 0 Å². The third-order valence-corrected chi connectivity index (χ3v) is 2.52. The molecule has 0 aromatic carbocycles. The van der Waals surface area contributed by atoms with E-state index in [1.165, 1.54) is 0 Å². The lowest BCUT2D eigenvalue weighted by molar-refractivity contribution is -0.120. The summed E-state index contributed by atoms with van der Waals surface area (Å²) in [6.07, 6.45) is -3.18. The van der Waals surface area contributed by atoms with Gasteiger partial charge in [-0.15, -0.1) is 5.10 Å². The molecule has 1 aromatic rings. The molecule has 0 spiro atoms. The first-order valence-electron chi connectivity index (χ1n) is 6.06. The maximum absolute atomic E-state index is 12.4. The number of anilines is 1. The van der Waals surface area contributed by atoms with Crippen LogP contribution in [0.5, 0.6) is 0 Å². The normalized spacial score (nSPS) is 11.7. The summed E-state index contributed by atoms with van der Waals surface area (Å²) in [5.74, 6) is -0.0968. The van der Waals surface area contributed by atoms with Crippen molar-refractivity contribution < 1.29 is 18.3 Å². The van der Waals surface area contributed by atoms with Crippen LogP contribution in [-0.4, -0.2) is 46.2 Å². The van der Waals surface area contributed by atoms with Crippen molar-refractivity contribution >= 4 is 5.95 Å². The first-order chi connectivity index (χ1) is 8.91. The highest BCUT2D eigenvalue weighted by Crippen LogP contribution is 2.19. The Labute approximate surface area is 109 Å². The largest absolute Gasteiger partial charge is 0.406 e. The van der Waals surface area contributed by atoms with Gasteiger partial charge >= 0.3 is 6.18 Å². The van der Waals surface area contributed by atoms with Gasteiger partial charge in [0.05, 0.1) is 18.0 Å². The van der Waals surface area contributed by atoms with E-state index < -0.39 is 19.3 Å². The quantitative estimate of drug-likeness (QED) is 0.851. The molecule has 0 unspecified atom stereocenters. The molecule has 108 valence electrons. The summed E-state index contributed by atoms with van der Waals surface area (Å²) < 4.78 is 37.3. The van der Waals surface area contributed by atoms with Crippen molar-refractivity contribution in [3.8, 4) is 0 Å². The molecule has 0 fully saturated rings. The Kier molecular flexibility index (Phi) is 5.46. The minimum absolute atomic E-state index is 0.0968. The van der Waals surface area contributed by atoms with Gasteiger partial charge in [0.25, 0.3) is 0 Å². The van der Waals surface area contributed by atoms with E-state index in [4.69, 9.17) is 5.11 Å². The Balaban J connectivity index is 3.02. The van der Waals surface area contributed by atoms with Gasteiger partial charge < -0.3 is 10.0 Å². The van der Waals surface area contributed by atoms with Gasteiger partial charge in [-0.2, -0.15) is 18.3 Å². The van der Waals surface area contributed by atoms with E-state index in [9.17, 15) is 13.2 Å². The summed E-state index contributed by atoms with van der Waals surface area (Å²) in [5.41, 5.74) is 1.32. The molecule has 0 aliphatic rings. The fourth-order valence-corrected chi connectivity index (χ4v) is 1.65. The number of aromatic nitrogens is 3. The van der Waals surface area contributed by atoms with E-state index in [1.807, 2.05) is 13.8 Å². The highest BCUT2D eigenvalue weighted by Gasteiger charge is 2.32. The third kappa shape index (κ3) is 4.62. The molecule has 0 saturated heterocycles. The number of hydrogen-bond acceptors (Lipinski definition) is 5. The van der Waals surface area contributed by atoms with Crippen molar-refractivity contribution in [2.24, 2.45) is 0 Å². The third-order valence-electron chi connectivity index (χ3n) is 2.52. The van der Waals surface area contributed by atoms with Crippen molar-refractivity contribution in [2.45, 2.75) is 32.9 Å². The molecule has 8 heteroatoms. The van der Waals surface area contributed by atoms with Crippen LogP contribution in [0.25, 0.3) is 0 Å². The van der Waals surface area contributed by atoms with E-state index in [-0.39, 0.29) is 12.5 Å². The van der Waals surface area contributed by atoms with Crippen LogP contribution in [0.2, 0.25) is 0 Å². The lowest BCUT2D eigenvalue weighted by Gasteiger charge is -2.23. The van der Waals surface area contributed by atoms with Gasteiger partial charge in [-0.25, -0.2) is 4.98 Å². The van der Waals surface area contributed by atoms with Crippen LogP contribution in [0, 0.1) is 0 Å². The second-order valence-electron chi connectivity index (χ2n) is 3.97. The molecule has 5 nitrogen and oxygen atoms in total. The number of alkyl halides is 3. The molecule has 0 atom stereocenters. The number of nitrogens with zero attached hydrogens (tertiary/aromatic N) is 4. The second-order valence-corrected chi connectivity index (χ2v) is 3.97. The second kappa shape index (κ2) is 6.65. The smallest absolute Gasteiger partial charge is 0.395 e. The highest BCUT2D eigenvalue weighted by atomic mass is 19.4. The molecule has 0 saturated carbocycles. The highest BCUT2D eigenvalue weighted by molar-refractivity contribution is 5.30. The first-order valence-corrected chi connectivity index (χ1v) is 6.06. The summed E-state index contributed by atoms with van der Waals surface area (Å²) >= 11 is 0. The van der Waals surface area contributed by atoms with E-state index in [0.29, 0.717) is 24.2 Å². The first kappa shape index (κ1) is 15.6. The fraction of sp³-hybridized carbons (Fsp3) is 0.727. The van der Waals surface area contributed by atoms with Gasteiger partial charge in [-0.3, -0.25) is 0 Å². The molecule has 0 aliphatic heterocycles. The topological polar surface area (TPSA) is 62.1 Å². The molecule has 0 amide bonds. The minimum atomic E-state index is -4.38. The van der Waals surface area contributed by atoms with E-state index in [2.05, 4.69) is 15.2 Å². The lowest BCUT2D eigenvalue weighted by Crippen LogP contribution is -2.37. The summed E-state index contributed by atoms with van der Waals surface area (Å²) in [5, 5.41) is 16.5.